The maximum atomic E-state index is 12.6. The second-order valence-electron chi connectivity index (χ2n) is 6.19. The van der Waals surface area contributed by atoms with Crippen LogP contribution in [0.3, 0.4) is 0 Å². The molecule has 3 rings (SSSR count). The van der Waals surface area contributed by atoms with E-state index in [9.17, 15) is 4.79 Å². The molecule has 146 valence electrons. The molecule has 0 spiro atoms. The Bertz CT molecular complexity index is 928. The number of hydrogen-bond acceptors (Lipinski definition) is 5. The van der Waals surface area contributed by atoms with E-state index in [-0.39, 0.29) is 5.97 Å². The third kappa shape index (κ3) is 5.19. The van der Waals surface area contributed by atoms with E-state index < -0.39 is 6.04 Å². The van der Waals surface area contributed by atoms with Crippen LogP contribution in [0, 0.1) is 0 Å². The zero-order valence-corrected chi connectivity index (χ0v) is 18.7. The lowest BCUT2D eigenvalue weighted by Gasteiger charge is -2.26. The van der Waals surface area contributed by atoms with Gasteiger partial charge in [-0.25, -0.2) is 9.79 Å². The fourth-order valence-corrected chi connectivity index (χ4v) is 4.29. The first kappa shape index (κ1) is 21.0. The summed E-state index contributed by atoms with van der Waals surface area (Å²) in [7, 11) is 0. The second kappa shape index (κ2) is 9.63. The average Bonchev–Trinajstić information content (AvgIpc) is 2.67. The fourth-order valence-electron chi connectivity index (χ4n) is 2.84. The maximum absolute atomic E-state index is 12.6. The van der Waals surface area contributed by atoms with Crippen molar-refractivity contribution in [2.45, 2.75) is 25.6 Å². The van der Waals surface area contributed by atoms with Crippen molar-refractivity contribution in [3.05, 3.63) is 80.4 Å². The molecule has 1 aliphatic heterocycles. The lowest BCUT2D eigenvalue weighted by atomic mass is 9.97. The number of nitrogens with zero attached hydrogens (tertiary/aromatic N) is 1. The van der Waals surface area contributed by atoms with Crippen LogP contribution >= 0.6 is 39.3 Å². The highest BCUT2D eigenvalue weighted by Crippen LogP contribution is 2.34. The van der Waals surface area contributed by atoms with E-state index in [1.807, 2.05) is 55.5 Å². The summed E-state index contributed by atoms with van der Waals surface area (Å²) in [6, 6.07) is 15.2. The van der Waals surface area contributed by atoms with E-state index >= 15 is 0 Å². The predicted molar refractivity (Wildman–Crippen MR) is 120 cm³/mol. The van der Waals surface area contributed by atoms with Crippen molar-refractivity contribution in [3.8, 4) is 0 Å². The van der Waals surface area contributed by atoms with E-state index in [0.29, 0.717) is 12.2 Å². The molecule has 2 aromatic carbocycles. The molecule has 0 amide bonds. The van der Waals surface area contributed by atoms with E-state index in [4.69, 9.17) is 21.3 Å². The summed E-state index contributed by atoms with van der Waals surface area (Å²) in [4.78, 5) is 17.4. The van der Waals surface area contributed by atoms with Gasteiger partial charge in [-0.15, -0.1) is 0 Å². The molecule has 0 fully saturated rings. The third-order valence-electron chi connectivity index (χ3n) is 4.17. The molecule has 2 aromatic rings. The summed E-state index contributed by atoms with van der Waals surface area (Å²) < 4.78 is 6.21. The molecular formula is C21H20BrClN2O2S. The number of rotatable bonds is 5. The molecule has 0 aromatic heterocycles. The number of esters is 1. The minimum Gasteiger partial charge on any atom is -0.463 e. The predicted octanol–water partition coefficient (Wildman–Crippen LogP) is 5.87. The van der Waals surface area contributed by atoms with Crippen molar-refractivity contribution >= 4 is 50.4 Å². The number of benzene rings is 2. The highest BCUT2D eigenvalue weighted by atomic mass is 79.9. The van der Waals surface area contributed by atoms with Crippen LogP contribution in [0.15, 0.2) is 69.3 Å². The summed E-state index contributed by atoms with van der Waals surface area (Å²) in [6.07, 6.45) is 0. The van der Waals surface area contributed by atoms with Crippen molar-refractivity contribution in [1.29, 1.82) is 0 Å². The van der Waals surface area contributed by atoms with Crippen LogP contribution in [-0.2, 0) is 15.3 Å². The first-order chi connectivity index (χ1) is 13.5. The highest BCUT2D eigenvalue weighted by molar-refractivity contribution is 9.10. The average molecular weight is 480 g/mol. The first-order valence-corrected chi connectivity index (χ1v) is 11.0. The van der Waals surface area contributed by atoms with E-state index in [1.54, 1.807) is 18.7 Å². The molecular weight excluding hydrogens is 460 g/mol. The molecule has 0 saturated heterocycles. The quantitative estimate of drug-likeness (QED) is 0.545. The monoisotopic (exact) mass is 478 g/mol. The third-order valence-corrected chi connectivity index (χ3v) is 5.87. The van der Waals surface area contributed by atoms with E-state index in [1.165, 1.54) is 0 Å². The zero-order valence-electron chi connectivity index (χ0n) is 15.5. The van der Waals surface area contributed by atoms with Crippen LogP contribution < -0.4 is 5.32 Å². The molecule has 1 heterocycles. The van der Waals surface area contributed by atoms with Crippen LogP contribution in [-0.4, -0.2) is 17.7 Å². The summed E-state index contributed by atoms with van der Waals surface area (Å²) in [6.45, 7) is 4.01. The molecule has 0 aliphatic carbocycles. The standard InChI is InChI=1S/C21H20BrClN2O2S/c1-3-27-20(26)18-13(2)24-21(28-12-14-7-9-17(23)10-8-14)25-19(18)15-5-4-6-16(22)11-15/h4-11,19H,3,12H2,1-2H3,(H,24,25)/t19-/m1/s1. The van der Waals surface area contributed by atoms with E-state index in [0.717, 1.165) is 37.2 Å². The van der Waals surface area contributed by atoms with Crippen molar-refractivity contribution in [2.75, 3.05) is 6.61 Å². The molecule has 1 atom stereocenters. The number of nitrogens with one attached hydrogen (secondary N) is 1. The summed E-state index contributed by atoms with van der Waals surface area (Å²) in [5.74, 6) is 0.402. The molecule has 0 unspecified atom stereocenters. The maximum Gasteiger partial charge on any atom is 0.338 e. The number of hydrogen-bond donors (Lipinski definition) is 1. The van der Waals surface area contributed by atoms with Gasteiger partial charge < -0.3 is 10.1 Å². The highest BCUT2D eigenvalue weighted by Gasteiger charge is 2.30. The zero-order chi connectivity index (χ0) is 20.1. The second-order valence-corrected chi connectivity index (χ2v) is 8.51. The minimum atomic E-state index is -0.412. The Labute approximate surface area is 182 Å². The van der Waals surface area contributed by atoms with Gasteiger partial charge in [0, 0.05) is 20.9 Å². The summed E-state index contributed by atoms with van der Waals surface area (Å²) in [5, 5.41) is 4.74. The van der Waals surface area contributed by atoms with Crippen molar-refractivity contribution in [3.63, 3.8) is 0 Å². The molecule has 1 N–H and O–H groups in total. The smallest absolute Gasteiger partial charge is 0.338 e. The van der Waals surface area contributed by atoms with Crippen LogP contribution in [0.25, 0.3) is 0 Å². The Morgan fingerprint density at radius 3 is 2.71 bits per heavy atom. The van der Waals surface area contributed by atoms with Crippen LogP contribution in [0.5, 0.6) is 0 Å². The van der Waals surface area contributed by atoms with Gasteiger partial charge in [0.05, 0.1) is 12.2 Å². The van der Waals surface area contributed by atoms with Gasteiger partial charge in [0.15, 0.2) is 5.17 Å². The van der Waals surface area contributed by atoms with Gasteiger partial charge >= 0.3 is 5.97 Å². The number of thioether (sulfide) groups is 1. The molecule has 4 nitrogen and oxygen atoms in total. The van der Waals surface area contributed by atoms with Crippen molar-refractivity contribution in [2.24, 2.45) is 4.99 Å². The van der Waals surface area contributed by atoms with Gasteiger partial charge in [-0.2, -0.15) is 0 Å². The number of allylic oxidation sites excluding steroid dienone is 1. The minimum absolute atomic E-state index is 0.322. The van der Waals surface area contributed by atoms with E-state index in [2.05, 4.69) is 21.2 Å². The number of amidine groups is 1. The molecule has 0 bridgehead atoms. The SMILES string of the molecule is CCOC(=O)C1=C(C)NC(SCc2ccc(Cl)cc2)=N[C@@H]1c1cccc(Br)c1. The number of halogens is 2. The topological polar surface area (TPSA) is 50.7 Å². The molecule has 0 saturated carbocycles. The molecule has 28 heavy (non-hydrogen) atoms. The van der Waals surface area contributed by atoms with Gasteiger partial charge in [0.2, 0.25) is 0 Å². The normalized spacial score (nSPS) is 16.4. The molecule has 7 heteroatoms. The van der Waals surface area contributed by atoms with Crippen molar-refractivity contribution < 1.29 is 9.53 Å². The van der Waals surface area contributed by atoms with Crippen LogP contribution in [0.1, 0.15) is 31.0 Å². The summed E-state index contributed by atoms with van der Waals surface area (Å²) >= 11 is 11.0. The lowest BCUT2D eigenvalue weighted by Crippen LogP contribution is -2.30. The first-order valence-electron chi connectivity index (χ1n) is 8.83. The van der Waals surface area contributed by atoms with Crippen LogP contribution in [0.2, 0.25) is 5.02 Å². The Morgan fingerprint density at radius 2 is 2.04 bits per heavy atom. The van der Waals surface area contributed by atoms with Gasteiger partial charge in [0.1, 0.15) is 6.04 Å². The number of ether oxygens (including phenoxy) is 1. The van der Waals surface area contributed by atoms with Gasteiger partial charge in [-0.1, -0.05) is 63.6 Å². The van der Waals surface area contributed by atoms with Gasteiger partial charge in [0.25, 0.3) is 0 Å². The molecule has 0 radical (unpaired) electrons. The Kier molecular flexibility index (Phi) is 7.21. The van der Waals surface area contributed by atoms with Gasteiger partial charge in [-0.3, -0.25) is 0 Å². The van der Waals surface area contributed by atoms with Crippen LogP contribution in [0.4, 0.5) is 0 Å². The largest absolute Gasteiger partial charge is 0.463 e. The van der Waals surface area contributed by atoms with Gasteiger partial charge in [-0.05, 0) is 49.2 Å². The molecule has 1 aliphatic rings. The fraction of sp³-hybridized carbons (Fsp3) is 0.238. The number of carbonyl (C=O) groups is 1. The Morgan fingerprint density at radius 1 is 1.29 bits per heavy atom. The summed E-state index contributed by atoms with van der Waals surface area (Å²) in [5.41, 5.74) is 3.38. The van der Waals surface area contributed by atoms with Crippen molar-refractivity contribution in [1.82, 2.24) is 5.32 Å². The Balaban J connectivity index is 1.87. The lowest BCUT2D eigenvalue weighted by molar-refractivity contribution is -0.138. The number of aliphatic imine (C=N–C) groups is 1. The Hall–Kier alpha value is -1.76. The number of carbonyl (C=O) groups excluding carboxylic acids is 1.